The fourth-order valence-corrected chi connectivity index (χ4v) is 5.31. The highest BCUT2D eigenvalue weighted by Gasteiger charge is 2.26. The number of halogens is 3. The number of methoxy groups -OCH3 is 1. The molecule has 240 valence electrons. The number of carbonyl (C=O) groups is 2. The summed E-state index contributed by atoms with van der Waals surface area (Å²) in [6, 6.07) is 7.49. The number of nitrogens with zero attached hydrogens (tertiary/aromatic N) is 4. The van der Waals surface area contributed by atoms with Gasteiger partial charge in [-0.15, -0.1) is 0 Å². The van der Waals surface area contributed by atoms with E-state index >= 15 is 8.78 Å². The highest BCUT2D eigenvalue weighted by molar-refractivity contribution is 6.34. The summed E-state index contributed by atoms with van der Waals surface area (Å²) in [6.45, 7) is 3.19. The first kappa shape index (κ1) is 33.7. The number of carbonyl (C=O) groups excluding carboxylic acids is 2. The third-order valence-corrected chi connectivity index (χ3v) is 7.84. The van der Waals surface area contributed by atoms with Crippen molar-refractivity contribution in [2.75, 3.05) is 45.4 Å². The smallest absolute Gasteiger partial charge is 0.291 e. The van der Waals surface area contributed by atoms with Crippen molar-refractivity contribution in [1.82, 2.24) is 19.8 Å². The molecule has 0 atom stereocenters. The molecule has 1 fully saturated rings. The summed E-state index contributed by atoms with van der Waals surface area (Å²) in [7, 11) is 3.04. The Morgan fingerprint density at radius 1 is 1.20 bits per heavy atom. The highest BCUT2D eigenvalue weighted by atomic mass is 35.5. The van der Waals surface area contributed by atoms with E-state index in [1.165, 1.54) is 55.4 Å². The second-order valence-corrected chi connectivity index (χ2v) is 10.9. The van der Waals surface area contributed by atoms with E-state index in [0.717, 1.165) is 0 Å². The van der Waals surface area contributed by atoms with Gasteiger partial charge in [0.2, 0.25) is 0 Å². The lowest BCUT2D eigenvalue weighted by atomic mass is 10.0. The molecule has 0 bridgehead atoms. The Bertz CT molecular complexity index is 1610. The van der Waals surface area contributed by atoms with Gasteiger partial charge in [0.25, 0.3) is 11.8 Å². The lowest BCUT2D eigenvalue weighted by molar-refractivity contribution is 0.0696. The highest BCUT2D eigenvalue weighted by Crippen LogP contribution is 2.30. The normalized spacial score (nSPS) is 14.6. The molecule has 1 aliphatic heterocycles. The fraction of sp³-hybridized carbons (Fsp3) is 0.355. The number of anilines is 1. The largest absolute Gasteiger partial charge is 0.402 e. The second kappa shape index (κ2) is 15.2. The van der Waals surface area contributed by atoms with Crippen molar-refractivity contribution in [3.8, 4) is 11.3 Å². The number of aliphatic hydroxyl groups is 1. The van der Waals surface area contributed by atoms with Crippen LogP contribution in [0.15, 0.2) is 47.2 Å². The lowest BCUT2D eigenvalue weighted by Gasteiger charge is -2.32. The number of allylic oxidation sites excluding steroid dienone is 2. The number of benzene rings is 2. The van der Waals surface area contributed by atoms with E-state index < -0.39 is 17.5 Å². The molecule has 45 heavy (non-hydrogen) atoms. The number of piperidine rings is 1. The van der Waals surface area contributed by atoms with Crippen LogP contribution in [0.2, 0.25) is 5.02 Å². The van der Waals surface area contributed by atoms with Gasteiger partial charge in [-0.1, -0.05) is 17.7 Å². The predicted octanol–water partition coefficient (Wildman–Crippen LogP) is 3.82. The standard InChI is InChI=1S/C31H36ClF2N7O4/c1-18(35)24(15-36-10-13-45-3)21-6-7-23(28(34)27(21)33)26-16-37-29(40(26)2)30(43)39-20-4-5-22(25(32)14-20)31(44)41-11-8-19(9-12-41)38-17-42/h4-7,14-16,19,38,42H,8-13,17,35H2,1-3H3,(H,39,43)/b24-18+,36-15?. The molecule has 0 saturated carbocycles. The predicted molar refractivity (Wildman–Crippen MR) is 169 cm³/mol. The Balaban J connectivity index is 1.49. The van der Waals surface area contributed by atoms with E-state index in [1.807, 2.05) is 0 Å². The van der Waals surface area contributed by atoms with Crippen molar-refractivity contribution in [1.29, 1.82) is 0 Å². The summed E-state index contributed by atoms with van der Waals surface area (Å²) >= 11 is 6.43. The number of ether oxygens (including phenoxy) is 1. The summed E-state index contributed by atoms with van der Waals surface area (Å²) in [5.41, 5.74) is 7.07. The van der Waals surface area contributed by atoms with E-state index in [4.69, 9.17) is 27.2 Å². The molecule has 5 N–H and O–H groups in total. The summed E-state index contributed by atoms with van der Waals surface area (Å²) in [5, 5.41) is 14.9. The van der Waals surface area contributed by atoms with Crippen LogP contribution in [0, 0.1) is 11.6 Å². The number of aromatic nitrogens is 2. The zero-order valence-corrected chi connectivity index (χ0v) is 26.0. The first-order chi connectivity index (χ1) is 21.6. The molecule has 1 saturated heterocycles. The van der Waals surface area contributed by atoms with Crippen LogP contribution in [-0.4, -0.2) is 83.7 Å². The topological polar surface area (TPSA) is 147 Å². The number of likely N-dealkylation sites (tertiary alicyclic amines) is 1. The zero-order valence-electron chi connectivity index (χ0n) is 25.2. The van der Waals surface area contributed by atoms with E-state index in [1.54, 1.807) is 17.9 Å². The van der Waals surface area contributed by atoms with Crippen LogP contribution in [0.5, 0.6) is 0 Å². The van der Waals surface area contributed by atoms with Gasteiger partial charge in [-0.05, 0) is 44.0 Å². The number of nitrogens with two attached hydrogens (primary N) is 1. The van der Waals surface area contributed by atoms with Crippen molar-refractivity contribution in [3.63, 3.8) is 0 Å². The third-order valence-electron chi connectivity index (χ3n) is 7.53. The van der Waals surface area contributed by atoms with Crippen molar-refractivity contribution in [2.45, 2.75) is 25.8 Å². The molecule has 2 heterocycles. The number of rotatable bonds is 11. The van der Waals surface area contributed by atoms with Gasteiger partial charge in [0, 0.05) is 67.6 Å². The van der Waals surface area contributed by atoms with Gasteiger partial charge >= 0.3 is 0 Å². The summed E-state index contributed by atoms with van der Waals surface area (Å²) in [4.78, 5) is 36.1. The molecule has 1 aliphatic rings. The van der Waals surface area contributed by atoms with Crippen molar-refractivity contribution in [2.24, 2.45) is 17.8 Å². The zero-order chi connectivity index (χ0) is 32.7. The second-order valence-electron chi connectivity index (χ2n) is 10.5. The Morgan fingerprint density at radius 2 is 1.91 bits per heavy atom. The molecule has 0 radical (unpaired) electrons. The van der Waals surface area contributed by atoms with E-state index in [2.05, 4.69) is 20.6 Å². The van der Waals surface area contributed by atoms with Gasteiger partial charge in [0.05, 0.1) is 42.4 Å². The van der Waals surface area contributed by atoms with Crippen LogP contribution < -0.4 is 16.4 Å². The molecule has 0 unspecified atom stereocenters. The molecular formula is C31H36ClF2N7O4. The average molecular weight is 644 g/mol. The van der Waals surface area contributed by atoms with Crippen LogP contribution in [-0.2, 0) is 11.8 Å². The molecule has 0 aliphatic carbocycles. The molecule has 14 heteroatoms. The molecular weight excluding hydrogens is 608 g/mol. The first-order valence-corrected chi connectivity index (χ1v) is 14.6. The Labute approximate surface area is 264 Å². The molecule has 1 aromatic heterocycles. The first-order valence-electron chi connectivity index (χ1n) is 14.3. The number of aliphatic imine (C=N–C) groups is 1. The van der Waals surface area contributed by atoms with Crippen LogP contribution in [0.3, 0.4) is 0 Å². The van der Waals surface area contributed by atoms with Crippen LogP contribution in [0.25, 0.3) is 16.8 Å². The SMILES string of the molecule is COCCN=C/C(=C(/C)N)c1ccc(-c2cnc(C(=O)Nc3ccc(C(=O)N4CCC(NCO)CC4)c(Cl)c3)n2C)c(F)c1F. The van der Waals surface area contributed by atoms with Crippen molar-refractivity contribution >= 4 is 40.9 Å². The van der Waals surface area contributed by atoms with Crippen LogP contribution in [0.4, 0.5) is 14.5 Å². The minimum atomic E-state index is -1.13. The lowest BCUT2D eigenvalue weighted by Crippen LogP contribution is -2.45. The quantitative estimate of drug-likeness (QED) is 0.141. The summed E-state index contributed by atoms with van der Waals surface area (Å²) in [5.74, 6) is -3.16. The Hall–Kier alpha value is -4.17. The summed E-state index contributed by atoms with van der Waals surface area (Å²) < 4.78 is 37.0. The number of aliphatic hydroxyl groups excluding tert-OH is 1. The van der Waals surface area contributed by atoms with Crippen LogP contribution >= 0.6 is 11.6 Å². The fourth-order valence-electron chi connectivity index (χ4n) is 5.05. The van der Waals surface area contributed by atoms with Gasteiger partial charge in [-0.2, -0.15) is 0 Å². The number of hydrogen-bond donors (Lipinski definition) is 4. The molecule has 3 aromatic rings. The number of amides is 2. The number of imidazole rings is 1. The maximum Gasteiger partial charge on any atom is 0.291 e. The number of nitrogens with one attached hydrogen (secondary N) is 2. The maximum atomic E-state index is 15.4. The van der Waals surface area contributed by atoms with E-state index in [9.17, 15) is 9.59 Å². The van der Waals surface area contributed by atoms with Crippen molar-refractivity contribution in [3.05, 3.63) is 75.8 Å². The molecule has 2 amide bonds. The molecule has 4 rings (SSSR count). The minimum Gasteiger partial charge on any atom is -0.402 e. The van der Waals surface area contributed by atoms with Gasteiger partial charge < -0.3 is 30.4 Å². The van der Waals surface area contributed by atoms with E-state index in [0.29, 0.717) is 50.3 Å². The molecule has 2 aromatic carbocycles. The summed E-state index contributed by atoms with van der Waals surface area (Å²) in [6.07, 6.45) is 4.07. The van der Waals surface area contributed by atoms with Gasteiger partial charge in [0.1, 0.15) is 0 Å². The van der Waals surface area contributed by atoms with Crippen molar-refractivity contribution < 1.29 is 28.2 Å². The van der Waals surface area contributed by atoms with Gasteiger partial charge in [-0.3, -0.25) is 19.9 Å². The Kier molecular flexibility index (Phi) is 11.4. The monoisotopic (exact) mass is 643 g/mol. The van der Waals surface area contributed by atoms with Crippen LogP contribution in [0.1, 0.15) is 46.3 Å². The third kappa shape index (κ3) is 7.74. The minimum absolute atomic E-state index is 0.0560. The van der Waals surface area contributed by atoms with E-state index in [-0.39, 0.29) is 57.6 Å². The molecule has 0 spiro atoms. The number of hydrogen-bond acceptors (Lipinski definition) is 8. The molecule has 11 nitrogen and oxygen atoms in total. The van der Waals surface area contributed by atoms with Gasteiger partial charge in [-0.25, -0.2) is 13.8 Å². The maximum absolute atomic E-state index is 15.4. The van der Waals surface area contributed by atoms with Gasteiger partial charge in [0.15, 0.2) is 17.5 Å². The average Bonchev–Trinajstić information content (AvgIpc) is 3.40. The Morgan fingerprint density at radius 3 is 2.56 bits per heavy atom.